The maximum atomic E-state index is 13.4. The van der Waals surface area contributed by atoms with Crippen LogP contribution >= 0.6 is 11.6 Å². The molecule has 0 aliphatic rings. The van der Waals surface area contributed by atoms with E-state index in [4.69, 9.17) is 32.1 Å². The molecule has 1 atom stereocenters. The Morgan fingerprint density at radius 2 is 2.06 bits per heavy atom. The number of aliphatic carboxylic acids is 1. The van der Waals surface area contributed by atoms with Crippen LogP contribution in [0.25, 0.3) is 15.7 Å². The van der Waals surface area contributed by atoms with Crippen molar-refractivity contribution in [3.05, 3.63) is 75.7 Å². The zero-order valence-electron chi connectivity index (χ0n) is 22.0. The van der Waals surface area contributed by atoms with Gasteiger partial charge in [0.1, 0.15) is 0 Å². The van der Waals surface area contributed by atoms with E-state index in [0.29, 0.717) is 59.8 Å². The summed E-state index contributed by atoms with van der Waals surface area (Å²) < 4.78 is 31.4. The zero-order chi connectivity index (χ0) is 27.2. The van der Waals surface area contributed by atoms with Crippen molar-refractivity contribution in [2.75, 3.05) is 6.61 Å². The van der Waals surface area contributed by atoms with E-state index in [1.807, 2.05) is 18.2 Å². The summed E-state index contributed by atoms with van der Waals surface area (Å²) in [6, 6.07) is 12.0. The number of halogens is 1. The summed E-state index contributed by atoms with van der Waals surface area (Å²) >= 11 is 6.00. The van der Waals surface area contributed by atoms with Gasteiger partial charge in [-0.05, 0) is 55.0 Å². The summed E-state index contributed by atoms with van der Waals surface area (Å²) in [6.07, 6.45) is 1.32. The van der Waals surface area contributed by atoms with Crippen LogP contribution in [0.1, 0.15) is 58.3 Å². The van der Waals surface area contributed by atoms with Gasteiger partial charge in [-0.25, -0.2) is 4.85 Å². The number of unbranched alkanes of at least 4 members (excludes halogenated alkanes) is 1. The number of ether oxygens (including phenoxy) is 1. The van der Waals surface area contributed by atoms with Crippen molar-refractivity contribution >= 4 is 39.9 Å². The summed E-state index contributed by atoms with van der Waals surface area (Å²) in [5.41, 5.74) is 2.24. The fourth-order valence-electron chi connectivity index (χ4n) is 4.05. The van der Waals surface area contributed by atoms with Gasteiger partial charge in [0.15, 0.2) is 11.5 Å². The number of hydrogen-bond donors (Lipinski definition) is 1. The number of carboxylic acid groups (broad SMARTS) is 1. The fraction of sp³-hybridized carbons (Fsp3) is 0.370. The second kappa shape index (κ2) is 11.8. The summed E-state index contributed by atoms with van der Waals surface area (Å²) in [4.78, 5) is 28.0. The molecule has 7 heteroatoms. The maximum Gasteiger partial charge on any atom is 0.303 e. The topological polar surface area (TPSA) is 72.9 Å². The molecule has 0 spiro atoms. The summed E-state index contributed by atoms with van der Waals surface area (Å²) in [5.74, 6) is -1.75. The predicted octanol–water partition coefficient (Wildman–Crippen LogP) is 6.61. The minimum absolute atomic E-state index is 0.0373. The number of benzene rings is 2. The highest BCUT2D eigenvalue weighted by atomic mass is 35.5. The van der Waals surface area contributed by atoms with E-state index in [1.165, 1.54) is 16.7 Å². The molecule has 0 unspecified atom stereocenters. The lowest BCUT2D eigenvalue weighted by Gasteiger charge is -2.11. The van der Waals surface area contributed by atoms with E-state index in [9.17, 15) is 9.59 Å². The fourth-order valence-corrected chi connectivity index (χ4v) is 4.26. The Labute approximate surface area is 209 Å². The second-order valence-corrected chi connectivity index (χ2v) is 8.88. The number of carbonyl (C=O) groups is 2. The molecule has 0 amide bonds. The number of fused-ring (bicyclic) bond motifs is 1. The lowest BCUT2D eigenvalue weighted by Crippen LogP contribution is -2.12. The number of aryl methyl sites for hydroxylation is 1. The van der Waals surface area contributed by atoms with Gasteiger partial charge in [0, 0.05) is 57.7 Å². The summed E-state index contributed by atoms with van der Waals surface area (Å²) in [6.45, 7) is 7.34. The number of hydrogen-bond acceptors (Lipinski definition) is 3. The van der Waals surface area contributed by atoms with Crippen LogP contribution in [-0.2, 0) is 29.5 Å². The first-order chi connectivity index (χ1) is 17.5. The third-order valence-corrected chi connectivity index (χ3v) is 5.86. The average Bonchev–Trinajstić information content (AvgIpc) is 3.14. The Balaban J connectivity index is 1.86. The number of carbonyl (C=O) groups excluding carboxylic acids is 1. The minimum Gasteiger partial charge on any atom is -0.481 e. The quantitative estimate of drug-likeness (QED) is 0.179. The normalized spacial score (nSPS) is 13.6. The first-order valence-corrected chi connectivity index (χ1v) is 11.5. The Morgan fingerprint density at radius 3 is 2.76 bits per heavy atom. The van der Waals surface area contributed by atoms with Crippen molar-refractivity contribution in [2.45, 2.75) is 45.6 Å². The van der Waals surface area contributed by atoms with Crippen LogP contribution in [0.2, 0.25) is 5.02 Å². The van der Waals surface area contributed by atoms with Crippen molar-refractivity contribution in [1.29, 1.82) is 0 Å². The van der Waals surface area contributed by atoms with Crippen LogP contribution in [0.15, 0.2) is 42.5 Å². The maximum absolute atomic E-state index is 13.4. The van der Waals surface area contributed by atoms with Gasteiger partial charge in [0.25, 0.3) is 0 Å². The van der Waals surface area contributed by atoms with E-state index in [0.717, 1.165) is 5.56 Å². The molecular weight excluding hydrogens is 452 g/mol. The van der Waals surface area contributed by atoms with Crippen molar-refractivity contribution in [3.63, 3.8) is 0 Å². The van der Waals surface area contributed by atoms with Gasteiger partial charge in [-0.15, -0.1) is 0 Å². The molecule has 0 saturated heterocycles. The van der Waals surface area contributed by atoms with Crippen LogP contribution in [0, 0.1) is 12.5 Å². The van der Waals surface area contributed by atoms with Crippen molar-refractivity contribution in [2.24, 2.45) is 12.9 Å². The second-order valence-electron chi connectivity index (χ2n) is 8.44. The average molecular weight is 484 g/mol. The number of Topliss-reactive ketones (excluding diaryl/α,β-unsaturated/α-hetero) is 1. The molecule has 2 aromatic carbocycles. The van der Waals surface area contributed by atoms with Crippen molar-refractivity contribution in [3.8, 4) is 0 Å². The van der Waals surface area contributed by atoms with Gasteiger partial charge in [0.05, 0.1) is 13.2 Å². The van der Waals surface area contributed by atoms with Crippen LogP contribution in [-0.4, -0.2) is 28.0 Å². The smallest absolute Gasteiger partial charge is 0.303 e. The van der Waals surface area contributed by atoms with Crippen LogP contribution in [0.3, 0.4) is 0 Å². The summed E-state index contributed by atoms with van der Waals surface area (Å²) in [7, 11) is 0. The molecule has 0 bridgehead atoms. The van der Waals surface area contributed by atoms with Gasteiger partial charge in [-0.1, -0.05) is 36.7 Å². The Morgan fingerprint density at radius 1 is 1.24 bits per heavy atom. The molecule has 1 N–H and O–H groups in total. The third-order valence-electron chi connectivity index (χ3n) is 5.62. The Hall–Kier alpha value is -3.14. The van der Waals surface area contributed by atoms with Gasteiger partial charge < -0.3 is 14.4 Å². The number of ketones is 1. The highest BCUT2D eigenvalue weighted by Crippen LogP contribution is 2.32. The van der Waals surface area contributed by atoms with Crippen molar-refractivity contribution in [1.82, 2.24) is 4.57 Å². The molecule has 0 fully saturated rings. The van der Waals surface area contributed by atoms with E-state index < -0.39 is 18.9 Å². The van der Waals surface area contributed by atoms with E-state index in [2.05, 4.69) is 4.85 Å². The molecule has 0 radical (unpaired) electrons. The third kappa shape index (κ3) is 6.47. The molecule has 178 valence electrons. The Bertz CT molecular complexity index is 1330. The molecule has 34 heavy (non-hydrogen) atoms. The van der Waals surface area contributed by atoms with E-state index >= 15 is 0 Å². The number of rotatable bonds is 12. The first-order valence-electron chi connectivity index (χ1n) is 12.6. The molecule has 0 saturated carbocycles. The minimum atomic E-state index is -2.54. The number of aromatic nitrogens is 1. The molecule has 3 aromatic rings. The standard InChI is InChI=1S/C27H29ClN2O4/c1-18(14-26(32)33)13-25(31)27-22-16-21(29-2)10-11-23(22)30(3)24(27)9-4-5-12-34-17-19-7-6-8-20(28)15-19/h6-8,10-11,15-16,18H,4-5,9,12-14,17H2,1,3H3,(H,32,33)/t18-/m0/s1/i3D3. The highest BCUT2D eigenvalue weighted by Gasteiger charge is 2.23. The van der Waals surface area contributed by atoms with E-state index in [1.54, 1.807) is 19.1 Å². The largest absolute Gasteiger partial charge is 0.481 e. The molecule has 0 aliphatic heterocycles. The molecule has 1 heterocycles. The highest BCUT2D eigenvalue weighted by molar-refractivity contribution is 6.30. The lowest BCUT2D eigenvalue weighted by atomic mass is 9.94. The zero-order valence-corrected chi connectivity index (χ0v) is 19.8. The number of carboxylic acids is 1. The molecule has 6 nitrogen and oxygen atoms in total. The molecule has 1 aromatic heterocycles. The SMILES string of the molecule is [2H]C([2H])([2H])n1c(CCCCOCc2cccc(Cl)c2)c(C(=O)C[C@H](C)CC(=O)O)c2cc([N+]#[C-])ccc21. The first kappa shape index (κ1) is 21.4. The van der Waals surface area contributed by atoms with Gasteiger partial charge in [-0.2, -0.15) is 0 Å². The van der Waals surface area contributed by atoms with Crippen LogP contribution < -0.4 is 0 Å². The van der Waals surface area contributed by atoms with Gasteiger partial charge in [0.2, 0.25) is 0 Å². The van der Waals surface area contributed by atoms with Crippen LogP contribution in [0.4, 0.5) is 5.69 Å². The molecule has 0 aliphatic carbocycles. The number of nitrogens with zero attached hydrogens (tertiary/aromatic N) is 2. The molecular formula is C27H29ClN2O4. The monoisotopic (exact) mass is 483 g/mol. The molecule has 3 rings (SSSR count). The summed E-state index contributed by atoms with van der Waals surface area (Å²) in [5, 5.41) is 10.1. The van der Waals surface area contributed by atoms with Gasteiger partial charge >= 0.3 is 5.97 Å². The predicted molar refractivity (Wildman–Crippen MR) is 134 cm³/mol. The van der Waals surface area contributed by atoms with E-state index in [-0.39, 0.29) is 24.2 Å². The van der Waals surface area contributed by atoms with Gasteiger partial charge in [-0.3, -0.25) is 9.59 Å². The van der Waals surface area contributed by atoms with Crippen LogP contribution in [0.5, 0.6) is 0 Å². The lowest BCUT2D eigenvalue weighted by molar-refractivity contribution is -0.137. The Kier molecular flexibility index (Phi) is 7.44. The van der Waals surface area contributed by atoms with Crippen molar-refractivity contribution < 1.29 is 23.5 Å².